The van der Waals surface area contributed by atoms with Crippen molar-refractivity contribution in [3.05, 3.63) is 0 Å². The number of carbonyl (C=O) groups is 1. The van der Waals surface area contributed by atoms with E-state index in [1.165, 1.54) is 11.8 Å². The predicted octanol–water partition coefficient (Wildman–Crippen LogP) is -0.0248. The lowest BCUT2D eigenvalue weighted by Gasteiger charge is -1.93. The van der Waals surface area contributed by atoms with Crippen LogP contribution >= 0.6 is 11.8 Å². The van der Waals surface area contributed by atoms with Crippen LogP contribution in [-0.4, -0.2) is 18.2 Å². The highest BCUT2D eigenvalue weighted by Crippen LogP contribution is 1.82. The number of rotatable bonds is 2. The van der Waals surface area contributed by atoms with Crippen LogP contribution in [-0.2, 0) is 0 Å². The summed E-state index contributed by atoms with van der Waals surface area (Å²) < 4.78 is 0. The minimum Gasteiger partial charge on any atom is -0.352 e. The van der Waals surface area contributed by atoms with Crippen LogP contribution in [0, 0.1) is 0 Å². The minimum absolute atomic E-state index is 0.464. The Kier molecular flexibility index (Phi) is 3.59. The first-order valence-electron chi connectivity index (χ1n) is 1.79. The van der Waals surface area contributed by atoms with Crippen LogP contribution in [0.15, 0.2) is 0 Å². The molecule has 0 atom stereocenters. The van der Waals surface area contributed by atoms with Crippen LogP contribution in [0.4, 0.5) is 4.79 Å². The Bertz CT molecular complexity index is 66.0. The van der Waals surface area contributed by atoms with E-state index in [0.29, 0.717) is 5.88 Å². The standard InChI is InChI=1S/C3H8N2OS/c1-7-2-5-3(4)6/h2H2,1H3,(H3,4,5,6). The van der Waals surface area contributed by atoms with Gasteiger partial charge in [-0.15, -0.1) is 11.8 Å². The van der Waals surface area contributed by atoms with Gasteiger partial charge < -0.3 is 11.1 Å². The van der Waals surface area contributed by atoms with Gasteiger partial charge >= 0.3 is 6.03 Å². The van der Waals surface area contributed by atoms with Gasteiger partial charge in [-0.25, -0.2) is 4.79 Å². The molecule has 3 nitrogen and oxygen atoms in total. The molecule has 2 amide bonds. The molecular formula is C3H8N2OS. The summed E-state index contributed by atoms with van der Waals surface area (Å²) in [6, 6.07) is -0.464. The Labute approximate surface area is 46.6 Å². The van der Waals surface area contributed by atoms with Crippen molar-refractivity contribution < 1.29 is 4.79 Å². The van der Waals surface area contributed by atoms with Crippen molar-refractivity contribution in [1.82, 2.24) is 5.32 Å². The van der Waals surface area contributed by atoms with Crippen molar-refractivity contribution in [3.8, 4) is 0 Å². The van der Waals surface area contributed by atoms with E-state index in [2.05, 4.69) is 5.32 Å². The maximum absolute atomic E-state index is 9.86. The van der Waals surface area contributed by atoms with E-state index in [9.17, 15) is 4.79 Å². The molecule has 0 aromatic rings. The lowest BCUT2D eigenvalue weighted by Crippen LogP contribution is -2.28. The summed E-state index contributed by atoms with van der Waals surface area (Å²) in [6.45, 7) is 0. The normalized spacial score (nSPS) is 8.14. The maximum atomic E-state index is 9.86. The number of thioether (sulfide) groups is 1. The fourth-order valence-corrected chi connectivity index (χ4v) is 0.430. The number of carbonyl (C=O) groups excluding carboxylic acids is 1. The Hall–Kier alpha value is -0.380. The largest absolute Gasteiger partial charge is 0.352 e. The van der Waals surface area contributed by atoms with Crippen molar-refractivity contribution in [3.63, 3.8) is 0 Å². The third-order valence-corrected chi connectivity index (χ3v) is 0.824. The van der Waals surface area contributed by atoms with Crippen molar-refractivity contribution in [1.29, 1.82) is 0 Å². The summed E-state index contributed by atoms with van der Waals surface area (Å²) in [4.78, 5) is 9.86. The van der Waals surface area contributed by atoms with E-state index in [4.69, 9.17) is 5.73 Å². The summed E-state index contributed by atoms with van der Waals surface area (Å²) in [5, 5.41) is 2.40. The van der Waals surface area contributed by atoms with Gasteiger partial charge in [-0.1, -0.05) is 0 Å². The minimum atomic E-state index is -0.464. The highest BCUT2D eigenvalue weighted by atomic mass is 32.2. The molecule has 4 heteroatoms. The molecule has 0 aromatic heterocycles. The topological polar surface area (TPSA) is 55.1 Å². The van der Waals surface area contributed by atoms with Crippen LogP contribution in [0.2, 0.25) is 0 Å². The van der Waals surface area contributed by atoms with Crippen LogP contribution in [0.1, 0.15) is 0 Å². The summed E-state index contributed by atoms with van der Waals surface area (Å²) in [6.07, 6.45) is 1.88. The fraction of sp³-hybridized carbons (Fsp3) is 0.667. The number of amides is 2. The molecule has 0 spiro atoms. The van der Waals surface area contributed by atoms with Gasteiger partial charge in [0.2, 0.25) is 0 Å². The molecule has 0 saturated carbocycles. The van der Waals surface area contributed by atoms with Crippen LogP contribution in [0.3, 0.4) is 0 Å². The van der Waals surface area contributed by atoms with E-state index in [-0.39, 0.29) is 0 Å². The summed E-state index contributed by atoms with van der Waals surface area (Å²) in [5.74, 6) is 0.593. The average Bonchev–Trinajstić information content (AvgIpc) is 1.61. The number of urea groups is 1. The molecule has 0 fully saturated rings. The zero-order valence-electron chi connectivity index (χ0n) is 4.10. The molecular weight excluding hydrogens is 112 g/mol. The summed E-state index contributed by atoms with van der Waals surface area (Å²) >= 11 is 1.52. The first kappa shape index (κ1) is 6.62. The monoisotopic (exact) mass is 120 g/mol. The quantitative estimate of drug-likeness (QED) is 0.503. The third kappa shape index (κ3) is 5.62. The molecule has 0 rings (SSSR count). The molecule has 0 aliphatic heterocycles. The average molecular weight is 120 g/mol. The number of primary amides is 1. The number of nitrogens with two attached hydrogens (primary N) is 1. The summed E-state index contributed by atoms with van der Waals surface area (Å²) in [5.41, 5.74) is 4.72. The van der Waals surface area contributed by atoms with Gasteiger partial charge in [0, 0.05) is 0 Å². The van der Waals surface area contributed by atoms with E-state index >= 15 is 0 Å². The first-order valence-corrected chi connectivity index (χ1v) is 3.19. The molecule has 7 heavy (non-hydrogen) atoms. The molecule has 42 valence electrons. The van der Waals surface area contributed by atoms with Gasteiger partial charge in [0.1, 0.15) is 0 Å². The lowest BCUT2D eigenvalue weighted by molar-refractivity contribution is 0.250. The number of nitrogens with one attached hydrogen (secondary N) is 1. The smallest absolute Gasteiger partial charge is 0.312 e. The molecule has 0 aliphatic carbocycles. The highest BCUT2D eigenvalue weighted by molar-refractivity contribution is 7.98. The predicted molar refractivity (Wildman–Crippen MR) is 31.1 cm³/mol. The zero-order chi connectivity index (χ0) is 5.70. The number of hydrogen-bond donors (Lipinski definition) is 2. The fourth-order valence-electron chi connectivity index (χ4n) is 0.143. The molecule has 0 unspecified atom stereocenters. The van der Waals surface area contributed by atoms with Gasteiger partial charge in [-0.05, 0) is 6.26 Å². The Balaban J connectivity index is 2.82. The Morgan fingerprint density at radius 3 is 2.71 bits per heavy atom. The molecule has 0 bridgehead atoms. The van der Waals surface area contributed by atoms with E-state index in [0.717, 1.165) is 0 Å². The first-order chi connectivity index (χ1) is 3.27. The van der Waals surface area contributed by atoms with Crippen molar-refractivity contribution in [2.75, 3.05) is 12.1 Å². The van der Waals surface area contributed by atoms with Crippen LogP contribution in [0.5, 0.6) is 0 Å². The van der Waals surface area contributed by atoms with Crippen LogP contribution in [0.25, 0.3) is 0 Å². The van der Waals surface area contributed by atoms with Crippen molar-refractivity contribution >= 4 is 17.8 Å². The highest BCUT2D eigenvalue weighted by Gasteiger charge is 1.83. The molecule has 0 aromatic carbocycles. The molecule has 3 N–H and O–H groups in total. The second-order valence-electron chi connectivity index (χ2n) is 0.974. The second kappa shape index (κ2) is 3.80. The van der Waals surface area contributed by atoms with Gasteiger partial charge in [-0.2, -0.15) is 0 Å². The van der Waals surface area contributed by atoms with Gasteiger partial charge in [-0.3, -0.25) is 0 Å². The molecule has 0 saturated heterocycles. The summed E-state index contributed by atoms with van der Waals surface area (Å²) in [7, 11) is 0. The molecule has 0 aliphatic rings. The van der Waals surface area contributed by atoms with Crippen molar-refractivity contribution in [2.24, 2.45) is 5.73 Å². The zero-order valence-corrected chi connectivity index (χ0v) is 4.92. The lowest BCUT2D eigenvalue weighted by atomic mass is 11.0. The van der Waals surface area contributed by atoms with Crippen LogP contribution < -0.4 is 11.1 Å². The SMILES string of the molecule is CSCNC(N)=O. The Morgan fingerprint density at radius 1 is 2.00 bits per heavy atom. The molecule has 0 radical (unpaired) electrons. The third-order valence-electron chi connectivity index (χ3n) is 0.391. The maximum Gasteiger partial charge on any atom is 0.312 e. The van der Waals surface area contributed by atoms with E-state index in [1.54, 1.807) is 0 Å². The second-order valence-corrected chi connectivity index (χ2v) is 1.84. The van der Waals surface area contributed by atoms with Gasteiger partial charge in [0.25, 0.3) is 0 Å². The van der Waals surface area contributed by atoms with E-state index < -0.39 is 6.03 Å². The molecule has 0 heterocycles. The van der Waals surface area contributed by atoms with E-state index in [1.807, 2.05) is 6.26 Å². The number of hydrogen-bond acceptors (Lipinski definition) is 2. The van der Waals surface area contributed by atoms with Crippen molar-refractivity contribution in [2.45, 2.75) is 0 Å². The van der Waals surface area contributed by atoms with Gasteiger partial charge in [0.15, 0.2) is 0 Å². The van der Waals surface area contributed by atoms with Gasteiger partial charge in [0.05, 0.1) is 5.88 Å². The Morgan fingerprint density at radius 2 is 2.57 bits per heavy atom.